The molecule has 3 aromatic rings. The molecule has 9 heteroatoms. The molecule has 4 rings (SSSR count). The smallest absolute Gasteiger partial charge is 0.267 e. The Bertz CT molecular complexity index is 1240. The van der Waals surface area contributed by atoms with E-state index in [9.17, 15) is 4.79 Å². The third-order valence-corrected chi connectivity index (χ3v) is 6.64. The summed E-state index contributed by atoms with van der Waals surface area (Å²) in [5, 5.41) is 9.80. The topological polar surface area (TPSA) is 61.4 Å². The van der Waals surface area contributed by atoms with Crippen molar-refractivity contribution in [2.24, 2.45) is 10.2 Å². The molecule has 0 radical (unpaired) electrons. The van der Waals surface area contributed by atoms with Crippen LogP contribution < -0.4 is 4.90 Å². The summed E-state index contributed by atoms with van der Waals surface area (Å²) in [5.41, 5.74) is 2.65. The summed E-state index contributed by atoms with van der Waals surface area (Å²) in [5.74, 6) is 0.429. The number of amides is 1. The molecule has 2 heterocycles. The van der Waals surface area contributed by atoms with E-state index in [-0.39, 0.29) is 12.5 Å². The lowest BCUT2D eigenvalue weighted by molar-refractivity contribution is -0.122. The molecule has 1 saturated heterocycles. The summed E-state index contributed by atoms with van der Waals surface area (Å²) in [7, 11) is 3.97. The third-order valence-electron chi connectivity index (χ3n) is 4.81. The number of halogens is 2. The largest absolute Gasteiger partial charge is 0.467 e. The van der Waals surface area contributed by atoms with Crippen LogP contribution in [0.15, 0.2) is 80.4 Å². The van der Waals surface area contributed by atoms with Crippen molar-refractivity contribution in [2.75, 3.05) is 19.0 Å². The van der Waals surface area contributed by atoms with Crippen molar-refractivity contribution in [3.05, 3.63) is 92.7 Å². The van der Waals surface area contributed by atoms with Crippen molar-refractivity contribution in [2.45, 2.75) is 6.54 Å². The number of nitrogens with zero attached hydrogens (tertiary/aromatic N) is 4. The van der Waals surface area contributed by atoms with E-state index in [1.54, 1.807) is 48.9 Å². The highest BCUT2D eigenvalue weighted by molar-refractivity contribution is 8.18. The average molecular weight is 499 g/mol. The van der Waals surface area contributed by atoms with Gasteiger partial charge in [0.2, 0.25) is 0 Å². The van der Waals surface area contributed by atoms with E-state index >= 15 is 0 Å². The molecule has 0 N–H and O–H groups in total. The normalized spacial score (nSPS) is 16.5. The zero-order valence-electron chi connectivity index (χ0n) is 17.9. The highest BCUT2D eigenvalue weighted by Gasteiger charge is 2.34. The molecule has 168 valence electrons. The summed E-state index contributed by atoms with van der Waals surface area (Å²) >= 11 is 13.7. The molecule has 33 heavy (non-hydrogen) atoms. The van der Waals surface area contributed by atoms with Crippen LogP contribution in [0, 0.1) is 0 Å². The number of anilines is 1. The monoisotopic (exact) mass is 498 g/mol. The quantitative estimate of drug-likeness (QED) is 0.232. The van der Waals surface area contributed by atoms with Gasteiger partial charge in [0.15, 0.2) is 5.17 Å². The van der Waals surface area contributed by atoms with Crippen LogP contribution in [0.1, 0.15) is 16.9 Å². The molecule has 0 aliphatic carbocycles. The van der Waals surface area contributed by atoms with Crippen LogP contribution in [0.5, 0.6) is 0 Å². The first kappa shape index (κ1) is 23.2. The first-order valence-electron chi connectivity index (χ1n) is 9.98. The van der Waals surface area contributed by atoms with Crippen LogP contribution in [0.3, 0.4) is 0 Å². The maximum Gasteiger partial charge on any atom is 0.267 e. The van der Waals surface area contributed by atoms with Crippen molar-refractivity contribution in [1.29, 1.82) is 0 Å². The molecule has 1 aliphatic rings. The van der Waals surface area contributed by atoms with Crippen LogP contribution in [0.25, 0.3) is 6.08 Å². The molecular formula is C24H20Cl2N4O2S. The maximum absolute atomic E-state index is 13.2. The predicted octanol–water partition coefficient (Wildman–Crippen LogP) is 6.16. The van der Waals surface area contributed by atoms with Crippen LogP contribution in [-0.2, 0) is 11.3 Å². The number of carbonyl (C=O) groups excluding carboxylic acids is 1. The SMILES string of the molecule is CN(C)c1ccc(/C=N/N=C2\S/C(=C\c3cccc(Cl)c3Cl)C(=O)N2Cc2ccco2)cc1. The highest BCUT2D eigenvalue weighted by atomic mass is 35.5. The van der Waals surface area contributed by atoms with Crippen LogP contribution in [0.2, 0.25) is 10.0 Å². The first-order chi connectivity index (χ1) is 15.9. The van der Waals surface area contributed by atoms with Crippen LogP contribution in [-0.4, -0.2) is 36.3 Å². The molecule has 0 spiro atoms. The van der Waals surface area contributed by atoms with Crippen LogP contribution in [0.4, 0.5) is 5.69 Å². The molecule has 1 fully saturated rings. The fraction of sp³-hybridized carbons (Fsp3) is 0.125. The summed E-state index contributed by atoms with van der Waals surface area (Å²) in [6.07, 6.45) is 4.93. The summed E-state index contributed by atoms with van der Waals surface area (Å²) in [4.78, 5) is 17.2. The lowest BCUT2D eigenvalue weighted by Gasteiger charge is -2.12. The molecule has 0 unspecified atom stereocenters. The Labute approximate surface area is 206 Å². The number of thioether (sulfide) groups is 1. The molecule has 0 atom stereocenters. The number of amidine groups is 1. The summed E-state index contributed by atoms with van der Waals surface area (Å²) in [6, 6.07) is 16.8. The number of rotatable bonds is 6. The Kier molecular flexibility index (Phi) is 7.23. The van der Waals surface area contributed by atoms with Gasteiger partial charge in [-0.3, -0.25) is 9.69 Å². The number of benzene rings is 2. The van der Waals surface area contributed by atoms with E-state index in [1.807, 2.05) is 43.3 Å². The second-order valence-electron chi connectivity index (χ2n) is 7.34. The molecule has 1 aliphatic heterocycles. The average Bonchev–Trinajstić information content (AvgIpc) is 3.41. The van der Waals surface area contributed by atoms with E-state index in [1.165, 1.54) is 16.7 Å². The summed E-state index contributed by atoms with van der Waals surface area (Å²) < 4.78 is 5.43. The Morgan fingerprint density at radius 3 is 2.58 bits per heavy atom. The number of hydrogen-bond donors (Lipinski definition) is 0. The van der Waals surface area contributed by atoms with E-state index in [4.69, 9.17) is 27.6 Å². The molecule has 1 amide bonds. The van der Waals surface area contributed by atoms with Gasteiger partial charge in [-0.15, -0.1) is 5.10 Å². The predicted molar refractivity (Wildman–Crippen MR) is 137 cm³/mol. The van der Waals surface area contributed by atoms with Gasteiger partial charge in [0.1, 0.15) is 5.76 Å². The number of hydrogen-bond acceptors (Lipinski definition) is 6. The second kappa shape index (κ2) is 10.3. The lowest BCUT2D eigenvalue weighted by Crippen LogP contribution is -2.28. The van der Waals surface area contributed by atoms with Gasteiger partial charge in [-0.1, -0.05) is 47.5 Å². The molecular weight excluding hydrogens is 479 g/mol. The van der Waals surface area contributed by atoms with E-state index in [0.29, 0.717) is 31.4 Å². The Morgan fingerprint density at radius 1 is 1.09 bits per heavy atom. The van der Waals surface area contributed by atoms with Gasteiger partial charge in [-0.2, -0.15) is 5.10 Å². The minimum atomic E-state index is -0.211. The lowest BCUT2D eigenvalue weighted by atomic mass is 10.2. The van der Waals surface area contributed by atoms with Gasteiger partial charge in [-0.25, -0.2) is 0 Å². The minimum absolute atomic E-state index is 0.211. The number of furan rings is 1. The standard InChI is InChI=1S/C24H20Cl2N4O2S/c1-29(2)18-10-8-16(9-11-18)14-27-28-24-30(15-19-6-4-12-32-19)23(31)21(33-24)13-17-5-3-7-20(25)22(17)26/h3-14H,15H2,1-2H3/b21-13-,27-14+,28-24-. The van der Waals surface area contributed by atoms with E-state index in [0.717, 1.165) is 11.3 Å². The molecule has 6 nitrogen and oxygen atoms in total. The van der Waals surface area contributed by atoms with E-state index < -0.39 is 0 Å². The molecule has 2 aromatic carbocycles. The molecule has 0 saturated carbocycles. The second-order valence-corrected chi connectivity index (χ2v) is 9.13. The zero-order valence-corrected chi connectivity index (χ0v) is 20.2. The fourth-order valence-electron chi connectivity index (χ4n) is 3.06. The first-order valence-corrected chi connectivity index (χ1v) is 11.6. The van der Waals surface area contributed by atoms with Crippen molar-refractivity contribution in [3.8, 4) is 0 Å². The van der Waals surface area contributed by atoms with Gasteiger partial charge in [-0.05, 0) is 59.3 Å². The summed E-state index contributed by atoms with van der Waals surface area (Å²) in [6.45, 7) is 0.241. The Balaban J connectivity index is 1.61. The van der Waals surface area contributed by atoms with Crippen LogP contribution >= 0.6 is 35.0 Å². The van der Waals surface area contributed by atoms with Gasteiger partial charge >= 0.3 is 0 Å². The van der Waals surface area contributed by atoms with Gasteiger partial charge in [0.25, 0.3) is 5.91 Å². The van der Waals surface area contributed by atoms with Gasteiger partial charge < -0.3 is 9.32 Å². The third kappa shape index (κ3) is 5.50. The van der Waals surface area contributed by atoms with Crippen molar-refractivity contribution in [1.82, 2.24) is 4.90 Å². The highest BCUT2D eigenvalue weighted by Crippen LogP contribution is 2.36. The number of carbonyl (C=O) groups is 1. The maximum atomic E-state index is 13.2. The van der Waals surface area contributed by atoms with Crippen molar-refractivity contribution in [3.63, 3.8) is 0 Å². The Hall–Kier alpha value is -3.00. The van der Waals surface area contributed by atoms with E-state index in [2.05, 4.69) is 10.2 Å². The fourth-order valence-corrected chi connectivity index (χ4v) is 4.35. The van der Waals surface area contributed by atoms with Crippen molar-refractivity contribution >= 4 is 64.0 Å². The molecule has 1 aromatic heterocycles. The minimum Gasteiger partial charge on any atom is -0.467 e. The zero-order chi connectivity index (χ0) is 23.4. The van der Waals surface area contributed by atoms with Gasteiger partial charge in [0.05, 0.1) is 34.0 Å². The van der Waals surface area contributed by atoms with Gasteiger partial charge in [0, 0.05) is 19.8 Å². The molecule has 0 bridgehead atoms. The van der Waals surface area contributed by atoms with Crippen molar-refractivity contribution < 1.29 is 9.21 Å². The Morgan fingerprint density at radius 2 is 1.88 bits per heavy atom.